The van der Waals surface area contributed by atoms with Gasteiger partial charge in [-0.05, 0) is 26.0 Å². The van der Waals surface area contributed by atoms with Gasteiger partial charge in [0, 0.05) is 13.1 Å². The predicted molar refractivity (Wildman–Crippen MR) is 63.1 cm³/mol. The van der Waals surface area contributed by atoms with Crippen molar-refractivity contribution in [1.29, 1.82) is 0 Å². The van der Waals surface area contributed by atoms with Crippen LogP contribution in [0.4, 0.5) is 5.69 Å². The summed E-state index contributed by atoms with van der Waals surface area (Å²) >= 11 is 0. The van der Waals surface area contributed by atoms with E-state index in [2.05, 4.69) is 18.7 Å². The lowest BCUT2D eigenvalue weighted by Gasteiger charge is -2.27. The van der Waals surface area contributed by atoms with Gasteiger partial charge in [-0.1, -0.05) is 6.07 Å². The summed E-state index contributed by atoms with van der Waals surface area (Å²) in [5.74, 6) is 1.68. The van der Waals surface area contributed by atoms with Crippen LogP contribution < -0.4 is 14.4 Å². The molecule has 0 bridgehead atoms. The summed E-state index contributed by atoms with van der Waals surface area (Å²) < 4.78 is 10.7. The molecule has 0 aliphatic rings. The maximum absolute atomic E-state index is 5.34. The summed E-state index contributed by atoms with van der Waals surface area (Å²) in [7, 11) is 5.38. The van der Waals surface area contributed by atoms with Crippen molar-refractivity contribution >= 4 is 5.69 Å². The largest absolute Gasteiger partial charge is 0.494 e. The zero-order valence-electron chi connectivity index (χ0n) is 10.1. The summed E-state index contributed by atoms with van der Waals surface area (Å²) in [5, 5.41) is 0. The van der Waals surface area contributed by atoms with Gasteiger partial charge >= 0.3 is 0 Å². The Morgan fingerprint density at radius 2 is 1.53 bits per heavy atom. The van der Waals surface area contributed by atoms with Crippen LogP contribution in [0.2, 0.25) is 0 Å². The maximum atomic E-state index is 5.34. The van der Waals surface area contributed by atoms with Gasteiger partial charge in [-0.25, -0.2) is 0 Å². The van der Waals surface area contributed by atoms with Crippen molar-refractivity contribution in [2.75, 3.05) is 26.2 Å². The summed E-state index contributed by atoms with van der Waals surface area (Å²) in [6, 6.07) is 6.21. The molecule has 0 radical (unpaired) electrons. The number of ether oxygens (including phenoxy) is 2. The van der Waals surface area contributed by atoms with E-state index >= 15 is 0 Å². The van der Waals surface area contributed by atoms with Gasteiger partial charge in [-0.3, -0.25) is 0 Å². The van der Waals surface area contributed by atoms with Gasteiger partial charge in [0.2, 0.25) is 0 Å². The zero-order chi connectivity index (χ0) is 11.4. The second-order valence-corrected chi connectivity index (χ2v) is 3.72. The van der Waals surface area contributed by atoms with Crippen LogP contribution >= 0.6 is 0 Å². The first kappa shape index (κ1) is 11.7. The molecule has 1 rings (SSSR count). The predicted octanol–water partition coefficient (Wildman–Crippen LogP) is 2.55. The third-order valence-electron chi connectivity index (χ3n) is 2.53. The zero-order valence-corrected chi connectivity index (χ0v) is 10.1. The molecule has 0 aromatic heterocycles. The van der Waals surface area contributed by atoms with Crippen LogP contribution in [0.15, 0.2) is 18.2 Å². The molecule has 0 unspecified atom stereocenters. The van der Waals surface area contributed by atoms with Gasteiger partial charge in [0.05, 0.1) is 14.2 Å². The van der Waals surface area contributed by atoms with Crippen LogP contribution in [0.1, 0.15) is 13.8 Å². The third kappa shape index (κ3) is 2.35. The molecule has 0 saturated heterocycles. The van der Waals surface area contributed by atoms with Gasteiger partial charge in [-0.2, -0.15) is 0 Å². The molecule has 15 heavy (non-hydrogen) atoms. The summed E-state index contributed by atoms with van der Waals surface area (Å²) in [5.41, 5.74) is 0.998. The fourth-order valence-corrected chi connectivity index (χ4v) is 1.44. The molecule has 0 N–H and O–H groups in total. The Balaban J connectivity index is 3.21. The van der Waals surface area contributed by atoms with Gasteiger partial charge in [0.15, 0.2) is 0 Å². The molecule has 0 heterocycles. The molecule has 3 nitrogen and oxygen atoms in total. The highest BCUT2D eigenvalue weighted by atomic mass is 16.5. The van der Waals surface area contributed by atoms with Crippen LogP contribution in [0.25, 0.3) is 0 Å². The number of rotatable bonds is 4. The molecular weight excluding hydrogens is 190 g/mol. The molecule has 3 heteroatoms. The highest BCUT2D eigenvalue weighted by molar-refractivity contribution is 5.67. The quantitative estimate of drug-likeness (QED) is 0.760. The minimum Gasteiger partial charge on any atom is -0.494 e. The van der Waals surface area contributed by atoms with Gasteiger partial charge in [0.25, 0.3) is 0 Å². The van der Waals surface area contributed by atoms with Crippen LogP contribution in [-0.2, 0) is 0 Å². The van der Waals surface area contributed by atoms with E-state index < -0.39 is 0 Å². The minimum atomic E-state index is 0.398. The maximum Gasteiger partial charge on any atom is 0.145 e. The van der Waals surface area contributed by atoms with Crippen molar-refractivity contribution in [3.63, 3.8) is 0 Å². The fraction of sp³-hybridized carbons (Fsp3) is 0.500. The summed E-state index contributed by atoms with van der Waals surface area (Å²) in [4.78, 5) is 2.14. The number of anilines is 1. The topological polar surface area (TPSA) is 21.7 Å². The van der Waals surface area contributed by atoms with Crippen LogP contribution in [0, 0.1) is 0 Å². The van der Waals surface area contributed by atoms with E-state index in [0.29, 0.717) is 6.04 Å². The average Bonchev–Trinajstić information content (AvgIpc) is 2.26. The Labute approximate surface area is 91.6 Å². The number of benzene rings is 1. The molecule has 1 aromatic rings. The lowest BCUT2D eigenvalue weighted by atomic mass is 10.2. The SMILES string of the molecule is COc1cccc(OC)c1N(C)C(C)C. The second kappa shape index (κ2) is 4.91. The van der Waals surface area contributed by atoms with Crippen molar-refractivity contribution in [2.24, 2.45) is 0 Å². The van der Waals surface area contributed by atoms with E-state index in [4.69, 9.17) is 9.47 Å². The number of hydrogen-bond acceptors (Lipinski definition) is 3. The van der Waals surface area contributed by atoms with Crippen molar-refractivity contribution in [2.45, 2.75) is 19.9 Å². The molecule has 0 aliphatic heterocycles. The Bertz CT molecular complexity index is 301. The molecule has 1 aromatic carbocycles. The number of methoxy groups -OCH3 is 2. The van der Waals surface area contributed by atoms with E-state index in [1.54, 1.807) is 14.2 Å². The molecule has 0 atom stereocenters. The Kier molecular flexibility index (Phi) is 3.83. The van der Waals surface area contributed by atoms with Crippen molar-refractivity contribution in [1.82, 2.24) is 0 Å². The Morgan fingerprint density at radius 3 is 1.87 bits per heavy atom. The second-order valence-electron chi connectivity index (χ2n) is 3.72. The number of hydrogen-bond donors (Lipinski definition) is 0. The van der Waals surface area contributed by atoms with E-state index in [0.717, 1.165) is 17.2 Å². The Hall–Kier alpha value is -1.38. The lowest BCUT2D eigenvalue weighted by molar-refractivity contribution is 0.393. The van der Waals surface area contributed by atoms with E-state index in [-0.39, 0.29) is 0 Å². The molecule has 0 aliphatic carbocycles. The summed E-state index contributed by atoms with van der Waals surface area (Å²) in [6.45, 7) is 4.26. The standard InChI is InChI=1S/C12H19NO2/c1-9(2)13(3)12-10(14-4)7-6-8-11(12)15-5/h6-9H,1-5H3. The molecule has 84 valence electrons. The number of nitrogens with zero attached hydrogens (tertiary/aromatic N) is 1. The Morgan fingerprint density at radius 1 is 1.07 bits per heavy atom. The van der Waals surface area contributed by atoms with E-state index in [1.165, 1.54) is 0 Å². The van der Waals surface area contributed by atoms with Crippen molar-refractivity contribution < 1.29 is 9.47 Å². The monoisotopic (exact) mass is 209 g/mol. The smallest absolute Gasteiger partial charge is 0.145 e. The van der Waals surface area contributed by atoms with Gasteiger partial charge < -0.3 is 14.4 Å². The van der Waals surface area contributed by atoms with Crippen LogP contribution in [0.3, 0.4) is 0 Å². The fourth-order valence-electron chi connectivity index (χ4n) is 1.44. The highest BCUT2D eigenvalue weighted by Crippen LogP contribution is 2.37. The number of para-hydroxylation sites is 1. The average molecular weight is 209 g/mol. The first-order valence-electron chi connectivity index (χ1n) is 5.05. The first-order valence-corrected chi connectivity index (χ1v) is 5.05. The highest BCUT2D eigenvalue weighted by Gasteiger charge is 2.15. The molecule has 0 fully saturated rings. The van der Waals surface area contributed by atoms with Crippen molar-refractivity contribution in [3.05, 3.63) is 18.2 Å². The van der Waals surface area contributed by atoms with Gasteiger partial charge in [-0.15, -0.1) is 0 Å². The van der Waals surface area contributed by atoms with Crippen LogP contribution in [-0.4, -0.2) is 27.3 Å². The third-order valence-corrected chi connectivity index (χ3v) is 2.53. The van der Waals surface area contributed by atoms with Gasteiger partial charge in [0.1, 0.15) is 17.2 Å². The molecular formula is C12H19NO2. The minimum absolute atomic E-state index is 0.398. The van der Waals surface area contributed by atoms with E-state index in [9.17, 15) is 0 Å². The molecule has 0 amide bonds. The lowest BCUT2D eigenvalue weighted by Crippen LogP contribution is -2.26. The van der Waals surface area contributed by atoms with Crippen LogP contribution in [0.5, 0.6) is 11.5 Å². The summed E-state index contributed by atoms with van der Waals surface area (Å²) in [6.07, 6.45) is 0. The first-order chi connectivity index (χ1) is 7.11. The molecule has 0 saturated carbocycles. The van der Waals surface area contributed by atoms with E-state index in [1.807, 2.05) is 25.2 Å². The normalized spacial score (nSPS) is 10.3. The van der Waals surface area contributed by atoms with Crippen molar-refractivity contribution in [3.8, 4) is 11.5 Å². The molecule has 0 spiro atoms.